The molecule has 3 N–H and O–H groups in total. The smallest absolute Gasteiger partial charge is 0.255 e. The third-order valence-corrected chi connectivity index (χ3v) is 10.9. The van der Waals surface area contributed by atoms with Crippen molar-refractivity contribution in [2.75, 3.05) is 59.2 Å². The molecule has 3 heterocycles. The topological polar surface area (TPSA) is 116 Å². The Balaban J connectivity index is 1.32. The second-order valence-electron chi connectivity index (χ2n) is 12.3. The number of aryl methyl sites for hydroxylation is 1. The number of benzene rings is 2. The molecule has 1 amide bonds. The zero-order chi connectivity index (χ0) is 29.6. The Bertz CT molecular complexity index is 1590. The van der Waals surface area contributed by atoms with E-state index < -0.39 is 21.9 Å². The monoisotopic (exact) mass is 595 g/mol. The summed E-state index contributed by atoms with van der Waals surface area (Å²) in [6.07, 6.45) is 6.83. The summed E-state index contributed by atoms with van der Waals surface area (Å²) < 4.78 is 35.8. The number of carbonyl (C=O) groups is 1. The lowest BCUT2D eigenvalue weighted by Crippen LogP contribution is -2.41. The van der Waals surface area contributed by atoms with Gasteiger partial charge in [0.15, 0.2) is 0 Å². The van der Waals surface area contributed by atoms with Crippen molar-refractivity contribution in [2.24, 2.45) is 12.5 Å². The molecule has 2 aliphatic heterocycles. The Morgan fingerprint density at radius 3 is 2.52 bits per heavy atom. The zero-order valence-electron chi connectivity index (χ0n) is 24.6. The first-order valence-electron chi connectivity index (χ1n) is 14.9. The van der Waals surface area contributed by atoms with Crippen LogP contribution in [-0.2, 0) is 21.8 Å². The highest BCUT2D eigenvalue weighted by atomic mass is 32.2. The number of aliphatic hydroxyl groups excluding tert-OH is 1. The molecular weight excluding hydrogens is 554 g/mol. The molecule has 3 fully saturated rings. The van der Waals surface area contributed by atoms with Crippen LogP contribution >= 0.6 is 0 Å². The number of hydrogen-bond donors (Lipinski definition) is 3. The summed E-state index contributed by atoms with van der Waals surface area (Å²) in [6.45, 7) is 6.89. The molecule has 0 unspecified atom stereocenters. The maximum atomic E-state index is 13.8. The number of sulfonamides is 1. The van der Waals surface area contributed by atoms with E-state index in [1.165, 1.54) is 19.8 Å². The number of piperidine rings is 1. The summed E-state index contributed by atoms with van der Waals surface area (Å²) in [5.41, 5.74) is 4.95. The molecule has 3 aliphatic rings. The molecule has 2 saturated heterocycles. The maximum Gasteiger partial charge on any atom is 0.255 e. The minimum absolute atomic E-state index is 0.102. The predicted octanol–water partition coefficient (Wildman–Crippen LogP) is 4.16. The molecule has 11 heteroatoms. The molecule has 42 heavy (non-hydrogen) atoms. The van der Waals surface area contributed by atoms with Crippen LogP contribution < -0.4 is 19.8 Å². The highest BCUT2D eigenvalue weighted by Crippen LogP contribution is 2.54. The molecule has 0 radical (unpaired) electrons. The first-order chi connectivity index (χ1) is 20.1. The van der Waals surface area contributed by atoms with E-state index in [1.54, 1.807) is 18.2 Å². The molecule has 2 atom stereocenters. The van der Waals surface area contributed by atoms with Gasteiger partial charge in [-0.1, -0.05) is 0 Å². The molecule has 1 saturated carbocycles. The number of amides is 1. The van der Waals surface area contributed by atoms with Crippen molar-refractivity contribution >= 4 is 49.6 Å². The summed E-state index contributed by atoms with van der Waals surface area (Å²) in [4.78, 5) is 18.4. The van der Waals surface area contributed by atoms with Gasteiger partial charge in [0, 0.05) is 50.4 Å². The molecule has 226 valence electrons. The fourth-order valence-corrected chi connectivity index (χ4v) is 7.10. The molecule has 1 aromatic heterocycles. The lowest BCUT2D eigenvalue weighted by molar-refractivity contribution is 0.0533. The minimum Gasteiger partial charge on any atom is -0.395 e. The van der Waals surface area contributed by atoms with Gasteiger partial charge in [-0.3, -0.25) is 9.52 Å². The lowest BCUT2D eigenvalue weighted by atomic mass is 9.93. The van der Waals surface area contributed by atoms with Crippen LogP contribution in [0.15, 0.2) is 42.6 Å². The van der Waals surface area contributed by atoms with Gasteiger partial charge in [0.05, 0.1) is 47.6 Å². The quantitative estimate of drug-likeness (QED) is 0.358. The van der Waals surface area contributed by atoms with Crippen molar-refractivity contribution in [3.63, 3.8) is 0 Å². The van der Waals surface area contributed by atoms with Crippen LogP contribution in [0.3, 0.4) is 0 Å². The Morgan fingerprint density at radius 2 is 1.83 bits per heavy atom. The summed E-state index contributed by atoms with van der Waals surface area (Å²) >= 11 is 0. The van der Waals surface area contributed by atoms with E-state index in [1.807, 2.05) is 31.4 Å². The number of ether oxygens (including phenoxy) is 1. The van der Waals surface area contributed by atoms with E-state index in [9.17, 15) is 18.3 Å². The third-order valence-electron chi connectivity index (χ3n) is 9.21. The number of anilines is 4. The van der Waals surface area contributed by atoms with Gasteiger partial charge in [0.25, 0.3) is 5.91 Å². The van der Waals surface area contributed by atoms with Crippen molar-refractivity contribution in [1.29, 1.82) is 0 Å². The fourth-order valence-electron chi connectivity index (χ4n) is 6.25. The molecule has 1 aliphatic carbocycles. The third kappa shape index (κ3) is 5.69. The SMILES string of the molecule is C[C@@H]1CN(c2cc(C(=O)Nc3ccc(NS(=O)(=O)[C@@H](C)CO)cc3N3CCC4(CC3)CC4)cc3ccn(C)c23)CCO1. The fraction of sp³-hybridized carbons (Fsp3) is 0.516. The van der Waals surface area contributed by atoms with Crippen molar-refractivity contribution in [1.82, 2.24) is 4.57 Å². The molecule has 3 aromatic rings. The van der Waals surface area contributed by atoms with E-state index in [0.29, 0.717) is 29.0 Å². The normalized spacial score (nSPS) is 21.0. The largest absolute Gasteiger partial charge is 0.395 e. The number of rotatable bonds is 8. The Kier molecular flexibility index (Phi) is 7.61. The number of nitrogens with one attached hydrogen (secondary N) is 2. The Hall–Kier alpha value is -3.28. The Labute approximate surface area is 247 Å². The van der Waals surface area contributed by atoms with E-state index in [2.05, 4.69) is 31.3 Å². The molecule has 10 nitrogen and oxygen atoms in total. The van der Waals surface area contributed by atoms with Crippen LogP contribution in [0.25, 0.3) is 10.9 Å². The van der Waals surface area contributed by atoms with Gasteiger partial charge in [-0.05, 0) is 81.3 Å². The molecule has 1 spiro atoms. The van der Waals surface area contributed by atoms with Gasteiger partial charge in [-0.15, -0.1) is 0 Å². The van der Waals surface area contributed by atoms with Gasteiger partial charge in [-0.25, -0.2) is 8.42 Å². The van der Waals surface area contributed by atoms with Gasteiger partial charge < -0.3 is 29.5 Å². The molecule has 6 rings (SSSR count). The second kappa shape index (κ2) is 11.1. The predicted molar refractivity (Wildman–Crippen MR) is 167 cm³/mol. The average molecular weight is 596 g/mol. The van der Waals surface area contributed by atoms with Gasteiger partial charge in [-0.2, -0.15) is 0 Å². The van der Waals surface area contributed by atoms with Crippen molar-refractivity contribution < 1.29 is 23.1 Å². The van der Waals surface area contributed by atoms with E-state index in [0.717, 1.165) is 61.3 Å². The van der Waals surface area contributed by atoms with Crippen LogP contribution in [0, 0.1) is 5.41 Å². The number of morpholine rings is 1. The van der Waals surface area contributed by atoms with Gasteiger partial charge >= 0.3 is 0 Å². The lowest BCUT2D eigenvalue weighted by Gasteiger charge is -2.35. The van der Waals surface area contributed by atoms with Crippen molar-refractivity contribution in [3.05, 3.63) is 48.2 Å². The van der Waals surface area contributed by atoms with Gasteiger partial charge in [0.1, 0.15) is 5.25 Å². The number of hydrogen-bond acceptors (Lipinski definition) is 7. The molecule has 0 bridgehead atoms. The summed E-state index contributed by atoms with van der Waals surface area (Å²) in [5, 5.41) is 12.6. The average Bonchev–Trinajstić information content (AvgIpc) is 3.63. The standard InChI is InChI=1S/C31H41N5O5S/c1-21-19-36(14-15-41-21)28-17-24(16-23-6-11-34(3)29(23)28)30(38)32-26-5-4-25(33-42(39,40)22(2)20-37)18-27(26)35-12-9-31(7-8-31)10-13-35/h4-6,11,16-18,21-22,33,37H,7-10,12-15,19-20H2,1-3H3,(H,32,38)/t21-,22+/m1/s1. The summed E-state index contributed by atoms with van der Waals surface area (Å²) in [6, 6.07) is 11.1. The van der Waals surface area contributed by atoms with Crippen LogP contribution in [-0.4, -0.2) is 74.7 Å². The number of aliphatic hydroxyl groups is 1. The Morgan fingerprint density at radius 1 is 1.07 bits per heavy atom. The van der Waals surface area contributed by atoms with Crippen molar-refractivity contribution in [2.45, 2.75) is 50.9 Å². The second-order valence-corrected chi connectivity index (χ2v) is 14.4. The van der Waals surface area contributed by atoms with Crippen molar-refractivity contribution in [3.8, 4) is 0 Å². The van der Waals surface area contributed by atoms with Gasteiger partial charge in [0.2, 0.25) is 10.0 Å². The summed E-state index contributed by atoms with van der Waals surface area (Å²) in [5.74, 6) is -0.220. The van der Waals surface area contributed by atoms with Crippen LogP contribution in [0.5, 0.6) is 0 Å². The maximum absolute atomic E-state index is 13.8. The molecular formula is C31H41N5O5S. The highest BCUT2D eigenvalue weighted by molar-refractivity contribution is 7.93. The van der Waals surface area contributed by atoms with E-state index in [-0.39, 0.29) is 12.0 Å². The van der Waals surface area contributed by atoms with Crippen LogP contribution in [0.4, 0.5) is 22.7 Å². The summed E-state index contributed by atoms with van der Waals surface area (Å²) in [7, 11) is -1.74. The number of carbonyl (C=O) groups excluding carboxylic acids is 1. The first-order valence-corrected chi connectivity index (χ1v) is 16.4. The number of aromatic nitrogens is 1. The van der Waals surface area contributed by atoms with E-state index >= 15 is 0 Å². The minimum atomic E-state index is -3.76. The van der Waals surface area contributed by atoms with Crippen LogP contribution in [0.1, 0.15) is 49.9 Å². The number of fused-ring (bicyclic) bond motifs is 1. The van der Waals surface area contributed by atoms with E-state index in [4.69, 9.17) is 4.74 Å². The highest BCUT2D eigenvalue weighted by Gasteiger charge is 2.44. The molecule has 2 aromatic carbocycles. The first kappa shape index (κ1) is 28.8. The number of nitrogens with zero attached hydrogens (tertiary/aromatic N) is 3. The zero-order valence-corrected chi connectivity index (χ0v) is 25.4. The van der Waals surface area contributed by atoms with Crippen LogP contribution in [0.2, 0.25) is 0 Å².